The van der Waals surface area contributed by atoms with Crippen LogP contribution in [0.3, 0.4) is 0 Å². The van der Waals surface area contributed by atoms with E-state index in [1.807, 2.05) is 0 Å². The van der Waals surface area contributed by atoms with Gasteiger partial charge in [0, 0.05) is 31.1 Å². The van der Waals surface area contributed by atoms with Gasteiger partial charge in [0.05, 0.1) is 5.39 Å². The molecule has 4 aromatic rings. The summed E-state index contributed by atoms with van der Waals surface area (Å²) < 4.78 is 31.9. The molecule has 9 heteroatoms. The van der Waals surface area contributed by atoms with Crippen molar-refractivity contribution in [3.63, 3.8) is 0 Å². The van der Waals surface area contributed by atoms with Gasteiger partial charge in [0.1, 0.15) is 0 Å². The van der Waals surface area contributed by atoms with E-state index in [9.17, 15) is 8.78 Å². The smallest absolute Gasteiger partial charge is 0.290 e. The molecule has 7 nitrogen and oxygen atoms in total. The number of aromatic nitrogens is 5. The Morgan fingerprint density at radius 2 is 2.04 bits per heavy atom. The predicted octanol–water partition coefficient (Wildman–Crippen LogP) is 3.35. The van der Waals surface area contributed by atoms with Crippen molar-refractivity contribution in [3.8, 4) is 0 Å². The number of aromatic amines is 1. The SMILES string of the molecule is CC(F)(F)c1noc2cc(Nc3n[nH]c4nccnc34)ccc12. The average molecular weight is 316 g/mol. The van der Waals surface area contributed by atoms with Gasteiger partial charge in [-0.2, -0.15) is 13.9 Å². The molecule has 0 radical (unpaired) electrons. The van der Waals surface area contributed by atoms with Gasteiger partial charge in [-0.15, -0.1) is 0 Å². The monoisotopic (exact) mass is 316 g/mol. The Morgan fingerprint density at radius 1 is 1.22 bits per heavy atom. The van der Waals surface area contributed by atoms with E-state index in [0.717, 1.165) is 6.92 Å². The van der Waals surface area contributed by atoms with Crippen molar-refractivity contribution in [2.45, 2.75) is 12.8 Å². The second-order valence-electron chi connectivity index (χ2n) is 5.08. The molecule has 0 aliphatic carbocycles. The maximum absolute atomic E-state index is 13.4. The minimum Gasteiger partial charge on any atom is -0.356 e. The summed E-state index contributed by atoms with van der Waals surface area (Å²) in [5.41, 5.74) is 1.61. The van der Waals surface area contributed by atoms with Gasteiger partial charge < -0.3 is 9.84 Å². The molecule has 0 unspecified atom stereocenters. The molecule has 116 valence electrons. The van der Waals surface area contributed by atoms with Gasteiger partial charge in [0.2, 0.25) is 0 Å². The van der Waals surface area contributed by atoms with Crippen molar-refractivity contribution in [2.24, 2.45) is 0 Å². The third kappa shape index (κ3) is 2.26. The number of fused-ring (bicyclic) bond motifs is 2. The number of alkyl halides is 2. The summed E-state index contributed by atoms with van der Waals surface area (Å²) >= 11 is 0. The quantitative estimate of drug-likeness (QED) is 0.602. The molecule has 0 aliphatic heterocycles. The van der Waals surface area contributed by atoms with Crippen LogP contribution in [-0.2, 0) is 5.92 Å². The van der Waals surface area contributed by atoms with E-state index in [0.29, 0.717) is 22.7 Å². The number of hydrogen-bond donors (Lipinski definition) is 2. The van der Waals surface area contributed by atoms with Gasteiger partial charge in [-0.05, 0) is 12.1 Å². The fraction of sp³-hybridized carbons (Fsp3) is 0.143. The van der Waals surface area contributed by atoms with Gasteiger partial charge in [-0.3, -0.25) is 5.10 Å². The first kappa shape index (κ1) is 13.6. The first-order valence-electron chi connectivity index (χ1n) is 6.72. The second kappa shape index (κ2) is 4.70. The molecule has 0 aliphatic rings. The predicted molar refractivity (Wildman–Crippen MR) is 78.5 cm³/mol. The van der Waals surface area contributed by atoms with Gasteiger partial charge >= 0.3 is 0 Å². The lowest BCUT2D eigenvalue weighted by molar-refractivity contribution is 0.0112. The molecule has 0 saturated heterocycles. The number of hydrogen-bond acceptors (Lipinski definition) is 6. The molecule has 4 rings (SSSR count). The van der Waals surface area contributed by atoms with Crippen molar-refractivity contribution in [1.29, 1.82) is 0 Å². The van der Waals surface area contributed by atoms with Crippen LogP contribution < -0.4 is 5.32 Å². The van der Waals surface area contributed by atoms with Crippen LogP contribution in [0, 0.1) is 0 Å². The number of benzene rings is 1. The van der Waals surface area contributed by atoms with Crippen LogP contribution in [0.25, 0.3) is 22.1 Å². The van der Waals surface area contributed by atoms with Crippen LogP contribution in [0.15, 0.2) is 35.1 Å². The fourth-order valence-electron chi connectivity index (χ4n) is 2.31. The Kier molecular flexibility index (Phi) is 2.77. The van der Waals surface area contributed by atoms with E-state index in [1.54, 1.807) is 24.5 Å². The third-order valence-electron chi connectivity index (χ3n) is 3.35. The topological polar surface area (TPSA) is 92.5 Å². The Morgan fingerprint density at radius 3 is 2.87 bits per heavy atom. The molecule has 0 amide bonds. The Balaban J connectivity index is 1.73. The molecule has 0 fully saturated rings. The highest BCUT2D eigenvalue weighted by molar-refractivity contribution is 5.88. The number of rotatable bonds is 3. The lowest BCUT2D eigenvalue weighted by Crippen LogP contribution is -2.07. The summed E-state index contributed by atoms with van der Waals surface area (Å²) in [6, 6.07) is 4.75. The number of nitrogens with zero attached hydrogens (tertiary/aromatic N) is 4. The van der Waals surface area contributed by atoms with E-state index in [-0.39, 0.29) is 16.7 Å². The minimum absolute atomic E-state index is 0.262. The van der Waals surface area contributed by atoms with Gasteiger partial charge in [0.25, 0.3) is 5.92 Å². The minimum atomic E-state index is -3.06. The van der Waals surface area contributed by atoms with E-state index >= 15 is 0 Å². The van der Waals surface area contributed by atoms with Gasteiger partial charge in [-0.1, -0.05) is 5.16 Å². The summed E-state index contributed by atoms with van der Waals surface area (Å²) in [7, 11) is 0. The third-order valence-corrected chi connectivity index (χ3v) is 3.35. The van der Waals surface area contributed by atoms with Gasteiger partial charge in [-0.25, -0.2) is 9.97 Å². The van der Waals surface area contributed by atoms with E-state index in [2.05, 4.69) is 30.6 Å². The number of halogens is 2. The van der Waals surface area contributed by atoms with Crippen LogP contribution in [0.2, 0.25) is 0 Å². The van der Waals surface area contributed by atoms with Gasteiger partial charge in [0.15, 0.2) is 28.3 Å². The molecule has 3 aromatic heterocycles. The van der Waals surface area contributed by atoms with Crippen molar-refractivity contribution in [3.05, 3.63) is 36.3 Å². The molecule has 0 atom stereocenters. The highest BCUT2D eigenvalue weighted by atomic mass is 19.3. The summed E-state index contributed by atoms with van der Waals surface area (Å²) in [4.78, 5) is 8.27. The Bertz CT molecular complexity index is 1000. The lowest BCUT2D eigenvalue weighted by atomic mass is 10.1. The number of nitrogens with one attached hydrogen (secondary N) is 2. The first-order valence-corrected chi connectivity index (χ1v) is 6.72. The Labute approximate surface area is 127 Å². The second-order valence-corrected chi connectivity index (χ2v) is 5.08. The van der Waals surface area contributed by atoms with E-state index in [1.165, 1.54) is 6.07 Å². The molecule has 0 bridgehead atoms. The average Bonchev–Trinajstić information content (AvgIpc) is 3.11. The molecule has 23 heavy (non-hydrogen) atoms. The first-order chi connectivity index (χ1) is 11.0. The Hall–Kier alpha value is -3.10. The molecular formula is C14H10F2N6O. The normalized spacial score (nSPS) is 12.1. The van der Waals surface area contributed by atoms with Crippen LogP contribution in [-0.4, -0.2) is 25.3 Å². The van der Waals surface area contributed by atoms with Crippen LogP contribution >= 0.6 is 0 Å². The maximum Gasteiger partial charge on any atom is 0.290 e. The van der Waals surface area contributed by atoms with E-state index in [4.69, 9.17) is 4.52 Å². The van der Waals surface area contributed by atoms with E-state index < -0.39 is 5.92 Å². The summed E-state index contributed by atoms with van der Waals surface area (Å²) in [5, 5.41) is 13.6. The number of anilines is 2. The summed E-state index contributed by atoms with van der Waals surface area (Å²) in [5.74, 6) is -2.58. The van der Waals surface area contributed by atoms with Crippen LogP contribution in [0.4, 0.5) is 20.3 Å². The maximum atomic E-state index is 13.4. The zero-order chi connectivity index (χ0) is 16.0. The van der Waals surface area contributed by atoms with Crippen molar-refractivity contribution < 1.29 is 13.3 Å². The molecular weight excluding hydrogens is 306 g/mol. The van der Waals surface area contributed by atoms with Crippen molar-refractivity contribution in [1.82, 2.24) is 25.3 Å². The number of H-pyrrole nitrogens is 1. The van der Waals surface area contributed by atoms with Crippen LogP contribution in [0.5, 0.6) is 0 Å². The highest BCUT2D eigenvalue weighted by Gasteiger charge is 2.31. The molecule has 0 saturated carbocycles. The molecule has 3 heterocycles. The molecule has 2 N–H and O–H groups in total. The summed E-state index contributed by atoms with van der Waals surface area (Å²) in [6.07, 6.45) is 3.11. The zero-order valence-electron chi connectivity index (χ0n) is 11.8. The largest absolute Gasteiger partial charge is 0.356 e. The van der Waals surface area contributed by atoms with Crippen molar-refractivity contribution >= 4 is 33.6 Å². The molecule has 0 spiro atoms. The zero-order valence-corrected chi connectivity index (χ0v) is 11.8. The highest BCUT2D eigenvalue weighted by Crippen LogP contribution is 2.34. The lowest BCUT2D eigenvalue weighted by Gasteiger charge is -2.06. The molecule has 1 aromatic carbocycles. The van der Waals surface area contributed by atoms with Crippen molar-refractivity contribution in [2.75, 3.05) is 5.32 Å². The van der Waals surface area contributed by atoms with Crippen LogP contribution in [0.1, 0.15) is 12.6 Å². The fourth-order valence-corrected chi connectivity index (χ4v) is 2.31. The summed E-state index contributed by atoms with van der Waals surface area (Å²) in [6.45, 7) is 0.783. The standard InChI is InChI=1S/C14H10F2N6O/c1-14(15,16)11-8-3-2-7(6-9(8)23-22-11)19-13-10-12(20-21-13)18-5-4-17-10/h2-6H,1H3,(H2,18,19,20,21).